The maximum Gasteiger partial charge on any atom is 0.149 e. The molecule has 1 atom stereocenters. The Kier molecular flexibility index (Phi) is 3.21. The molecule has 4 nitrogen and oxygen atoms in total. The van der Waals surface area contributed by atoms with Gasteiger partial charge in [0.25, 0.3) is 0 Å². The molecule has 1 heterocycles. The van der Waals surface area contributed by atoms with Gasteiger partial charge in [-0.25, -0.2) is 9.19 Å². The van der Waals surface area contributed by atoms with Gasteiger partial charge < -0.3 is 4.98 Å². The molecule has 78 valence electrons. The molecule has 0 aliphatic carbocycles. The maximum atomic E-state index is 11.5. The van der Waals surface area contributed by atoms with Gasteiger partial charge in [-0.3, -0.25) is 0 Å². The van der Waals surface area contributed by atoms with Gasteiger partial charge in [-0.2, -0.15) is 4.40 Å². The van der Waals surface area contributed by atoms with Crippen molar-refractivity contribution < 1.29 is 4.21 Å². The van der Waals surface area contributed by atoms with Gasteiger partial charge in [0.05, 0.1) is 11.0 Å². The van der Waals surface area contributed by atoms with Crippen molar-refractivity contribution in [1.29, 1.82) is 0 Å². The second-order valence-electron chi connectivity index (χ2n) is 4.05. The maximum absolute atomic E-state index is 11.5. The van der Waals surface area contributed by atoms with Gasteiger partial charge in [0.1, 0.15) is 16.8 Å². The standard InChI is InChI=1S/C9H15N3OS/c1-7-5-10-8(12-7)6-11-14(13)9(2,3)4/h5-6H,1-4H3,(H,10,12). The summed E-state index contributed by atoms with van der Waals surface area (Å²) in [6.07, 6.45) is 3.22. The molecule has 1 rings (SSSR count). The first-order valence-electron chi connectivity index (χ1n) is 4.37. The zero-order valence-electron chi connectivity index (χ0n) is 8.87. The number of hydrogen-bond donors (Lipinski definition) is 1. The Bertz CT molecular complexity index is 362. The van der Waals surface area contributed by atoms with E-state index in [9.17, 15) is 4.21 Å². The lowest BCUT2D eigenvalue weighted by molar-refractivity contribution is 0.651. The topological polar surface area (TPSA) is 58.1 Å². The summed E-state index contributed by atoms with van der Waals surface area (Å²) in [6, 6.07) is 0. The Labute approximate surface area is 86.5 Å². The third-order valence-electron chi connectivity index (χ3n) is 1.52. The van der Waals surface area contributed by atoms with Crippen molar-refractivity contribution in [3.8, 4) is 0 Å². The lowest BCUT2D eigenvalue weighted by atomic mass is 10.3. The molecule has 0 aliphatic rings. The molecule has 0 spiro atoms. The van der Waals surface area contributed by atoms with Crippen LogP contribution >= 0.6 is 0 Å². The highest BCUT2D eigenvalue weighted by atomic mass is 32.2. The van der Waals surface area contributed by atoms with Crippen molar-refractivity contribution >= 4 is 17.2 Å². The second kappa shape index (κ2) is 4.04. The van der Waals surface area contributed by atoms with E-state index < -0.39 is 11.0 Å². The normalized spacial score (nSPS) is 14.9. The van der Waals surface area contributed by atoms with Gasteiger partial charge in [0.15, 0.2) is 0 Å². The van der Waals surface area contributed by atoms with Gasteiger partial charge in [0.2, 0.25) is 0 Å². The lowest BCUT2D eigenvalue weighted by Gasteiger charge is -2.12. The van der Waals surface area contributed by atoms with Crippen molar-refractivity contribution in [2.24, 2.45) is 4.40 Å². The Balaban J connectivity index is 2.70. The number of aromatic nitrogens is 2. The first-order chi connectivity index (χ1) is 6.39. The Morgan fingerprint density at radius 2 is 2.21 bits per heavy atom. The molecule has 0 bridgehead atoms. The van der Waals surface area contributed by atoms with Crippen molar-refractivity contribution in [3.63, 3.8) is 0 Å². The summed E-state index contributed by atoms with van der Waals surface area (Å²) in [5.41, 5.74) is 0.966. The fourth-order valence-electron chi connectivity index (χ4n) is 0.754. The highest BCUT2D eigenvalue weighted by Crippen LogP contribution is 2.11. The molecule has 0 saturated carbocycles. The van der Waals surface area contributed by atoms with Crippen LogP contribution in [0.1, 0.15) is 32.3 Å². The number of aromatic amines is 1. The Morgan fingerprint density at radius 1 is 1.57 bits per heavy atom. The first-order valence-corrected chi connectivity index (χ1v) is 5.48. The average Bonchev–Trinajstić information content (AvgIpc) is 2.45. The van der Waals surface area contributed by atoms with Crippen LogP contribution in [0.3, 0.4) is 0 Å². The molecule has 1 aromatic rings. The first kappa shape index (κ1) is 11.1. The Hall–Kier alpha value is -0.970. The van der Waals surface area contributed by atoms with Crippen LogP contribution in [0.5, 0.6) is 0 Å². The number of nitrogens with one attached hydrogen (secondary N) is 1. The molecular weight excluding hydrogens is 198 g/mol. The van der Waals surface area contributed by atoms with Gasteiger partial charge >= 0.3 is 0 Å². The molecule has 1 unspecified atom stereocenters. The minimum absolute atomic E-state index is 0.321. The molecule has 1 aromatic heterocycles. The summed E-state index contributed by atoms with van der Waals surface area (Å²) in [7, 11) is -1.22. The van der Waals surface area contributed by atoms with Crippen LogP contribution in [0.2, 0.25) is 0 Å². The average molecular weight is 213 g/mol. The molecule has 0 radical (unpaired) electrons. The molecule has 0 aromatic carbocycles. The molecule has 14 heavy (non-hydrogen) atoms. The Morgan fingerprint density at radius 3 is 2.64 bits per heavy atom. The van der Waals surface area contributed by atoms with Gasteiger partial charge in [-0.05, 0) is 27.7 Å². The third-order valence-corrected chi connectivity index (χ3v) is 2.86. The number of H-pyrrole nitrogens is 1. The van der Waals surface area contributed by atoms with Crippen LogP contribution in [-0.4, -0.2) is 25.1 Å². The zero-order valence-corrected chi connectivity index (χ0v) is 9.68. The van der Waals surface area contributed by atoms with E-state index in [0.29, 0.717) is 5.82 Å². The summed E-state index contributed by atoms with van der Waals surface area (Å²) in [4.78, 5) is 7.02. The zero-order chi connectivity index (χ0) is 10.8. The number of hydrogen-bond acceptors (Lipinski definition) is 2. The largest absolute Gasteiger partial charge is 0.341 e. The van der Waals surface area contributed by atoms with E-state index in [1.165, 1.54) is 6.21 Å². The quantitative estimate of drug-likeness (QED) is 0.759. The summed E-state index contributed by atoms with van der Waals surface area (Å²) < 4.78 is 15.1. The highest BCUT2D eigenvalue weighted by Gasteiger charge is 2.18. The van der Waals surface area contributed by atoms with E-state index in [0.717, 1.165) is 5.69 Å². The molecule has 0 fully saturated rings. The fraction of sp³-hybridized carbons (Fsp3) is 0.556. The highest BCUT2D eigenvalue weighted by molar-refractivity contribution is 7.85. The molecule has 0 amide bonds. The van der Waals surface area contributed by atoms with E-state index in [1.807, 2.05) is 27.7 Å². The van der Waals surface area contributed by atoms with Crippen LogP contribution in [0, 0.1) is 6.92 Å². The molecule has 0 saturated heterocycles. The minimum Gasteiger partial charge on any atom is -0.341 e. The molecular formula is C9H15N3OS. The number of rotatable bonds is 2. The number of imidazole rings is 1. The van der Waals surface area contributed by atoms with Crippen molar-refractivity contribution in [1.82, 2.24) is 9.97 Å². The lowest BCUT2D eigenvalue weighted by Crippen LogP contribution is -2.19. The summed E-state index contributed by atoms with van der Waals surface area (Å²) >= 11 is 0. The van der Waals surface area contributed by atoms with Gasteiger partial charge in [0, 0.05) is 11.9 Å². The molecule has 5 heteroatoms. The van der Waals surface area contributed by atoms with Crippen LogP contribution in [0.4, 0.5) is 0 Å². The van der Waals surface area contributed by atoms with Crippen LogP contribution in [0.25, 0.3) is 0 Å². The molecule has 0 aliphatic heterocycles. The van der Waals surface area contributed by atoms with Gasteiger partial charge in [-0.15, -0.1) is 0 Å². The van der Waals surface area contributed by atoms with E-state index in [1.54, 1.807) is 6.20 Å². The monoisotopic (exact) mass is 213 g/mol. The van der Waals surface area contributed by atoms with Crippen LogP contribution in [0.15, 0.2) is 10.6 Å². The SMILES string of the molecule is Cc1cnc(C=NS(=O)C(C)(C)C)[nH]1. The summed E-state index contributed by atoms with van der Waals surface area (Å²) in [5.74, 6) is 0.639. The third kappa shape index (κ3) is 3.06. The van der Waals surface area contributed by atoms with Crippen LogP contribution in [-0.2, 0) is 11.0 Å². The van der Waals surface area contributed by atoms with Crippen LogP contribution < -0.4 is 0 Å². The number of aryl methyl sites for hydroxylation is 1. The van der Waals surface area contributed by atoms with E-state index in [2.05, 4.69) is 14.4 Å². The van der Waals surface area contributed by atoms with Crippen molar-refractivity contribution in [3.05, 3.63) is 17.7 Å². The summed E-state index contributed by atoms with van der Waals surface area (Å²) in [5, 5.41) is 0. The molecule has 1 N–H and O–H groups in total. The smallest absolute Gasteiger partial charge is 0.149 e. The predicted molar refractivity (Wildman–Crippen MR) is 58.8 cm³/mol. The predicted octanol–water partition coefficient (Wildman–Crippen LogP) is 1.60. The van der Waals surface area contributed by atoms with E-state index in [-0.39, 0.29) is 4.75 Å². The second-order valence-corrected chi connectivity index (χ2v) is 5.98. The summed E-state index contributed by atoms with van der Waals surface area (Å²) in [6.45, 7) is 7.56. The van der Waals surface area contributed by atoms with E-state index >= 15 is 0 Å². The van der Waals surface area contributed by atoms with Crippen molar-refractivity contribution in [2.45, 2.75) is 32.4 Å². The number of nitrogens with zero attached hydrogens (tertiary/aromatic N) is 2. The fourth-order valence-corrected chi connectivity index (χ4v) is 1.27. The van der Waals surface area contributed by atoms with Crippen molar-refractivity contribution in [2.75, 3.05) is 0 Å². The van der Waals surface area contributed by atoms with E-state index in [4.69, 9.17) is 0 Å². The minimum atomic E-state index is -1.22. The van der Waals surface area contributed by atoms with Gasteiger partial charge in [-0.1, -0.05) is 0 Å².